The summed E-state index contributed by atoms with van der Waals surface area (Å²) in [4.78, 5) is 10.8. The van der Waals surface area contributed by atoms with E-state index in [0.29, 0.717) is 23.8 Å². The van der Waals surface area contributed by atoms with Crippen LogP contribution in [0.5, 0.6) is 0 Å². The van der Waals surface area contributed by atoms with Crippen LogP contribution in [-0.2, 0) is 11.3 Å². The molecule has 20 heavy (non-hydrogen) atoms. The largest absolute Gasteiger partial charge is 0.481 e. The quantitative estimate of drug-likeness (QED) is 0.916. The molecule has 2 aromatic rings. The van der Waals surface area contributed by atoms with Gasteiger partial charge in [0.15, 0.2) is 5.82 Å². The van der Waals surface area contributed by atoms with Gasteiger partial charge in [-0.15, -0.1) is 5.10 Å². The Morgan fingerprint density at radius 1 is 1.50 bits per heavy atom. The Morgan fingerprint density at radius 3 is 2.95 bits per heavy atom. The van der Waals surface area contributed by atoms with Crippen LogP contribution in [-0.4, -0.2) is 31.3 Å². The van der Waals surface area contributed by atoms with Gasteiger partial charge in [0.25, 0.3) is 0 Å². The number of carbonyl (C=O) groups is 1. The molecule has 0 spiro atoms. The summed E-state index contributed by atoms with van der Waals surface area (Å²) in [6, 6.07) is 5.51. The van der Waals surface area contributed by atoms with Crippen LogP contribution in [0, 0.1) is 12.8 Å². The molecule has 1 unspecified atom stereocenters. The lowest BCUT2D eigenvalue weighted by Crippen LogP contribution is -2.14. The number of hydrogen-bond donors (Lipinski definition) is 1. The summed E-state index contributed by atoms with van der Waals surface area (Å²) in [7, 11) is 0. The van der Waals surface area contributed by atoms with Crippen molar-refractivity contribution < 1.29 is 9.90 Å². The van der Waals surface area contributed by atoms with Crippen molar-refractivity contribution >= 4 is 17.6 Å². The molecule has 106 valence electrons. The summed E-state index contributed by atoms with van der Waals surface area (Å²) in [6.07, 6.45) is 0.465. The zero-order valence-corrected chi connectivity index (χ0v) is 12.0. The molecule has 1 heterocycles. The zero-order valence-electron chi connectivity index (χ0n) is 11.2. The predicted molar refractivity (Wildman–Crippen MR) is 74.4 cm³/mol. The fourth-order valence-electron chi connectivity index (χ4n) is 1.82. The highest BCUT2D eigenvalue weighted by Crippen LogP contribution is 2.24. The SMILES string of the molecule is Cc1ccc(Cl)cc1-c1nnnn1CCC(C)C(=O)O. The predicted octanol–water partition coefficient (Wildman–Crippen LogP) is 2.41. The zero-order chi connectivity index (χ0) is 14.7. The molecule has 0 aliphatic carbocycles. The molecule has 1 N–H and O–H groups in total. The first kappa shape index (κ1) is 14.5. The van der Waals surface area contributed by atoms with Crippen molar-refractivity contribution in [3.05, 3.63) is 28.8 Å². The molecule has 1 aromatic carbocycles. The maximum Gasteiger partial charge on any atom is 0.306 e. The van der Waals surface area contributed by atoms with E-state index in [4.69, 9.17) is 16.7 Å². The average Bonchev–Trinajstić information content (AvgIpc) is 2.86. The lowest BCUT2D eigenvalue weighted by molar-refractivity contribution is -0.141. The van der Waals surface area contributed by atoms with Crippen LogP contribution in [0.15, 0.2) is 18.2 Å². The summed E-state index contributed by atoms with van der Waals surface area (Å²) in [5, 5.41) is 21.1. The van der Waals surface area contributed by atoms with Crippen LogP contribution >= 0.6 is 11.6 Å². The molecule has 7 heteroatoms. The van der Waals surface area contributed by atoms with E-state index < -0.39 is 11.9 Å². The molecule has 0 aliphatic heterocycles. The van der Waals surface area contributed by atoms with Crippen molar-refractivity contribution in [2.45, 2.75) is 26.8 Å². The van der Waals surface area contributed by atoms with Crippen molar-refractivity contribution in [2.24, 2.45) is 5.92 Å². The van der Waals surface area contributed by atoms with E-state index in [9.17, 15) is 4.79 Å². The first-order chi connectivity index (χ1) is 9.49. The third kappa shape index (κ3) is 3.14. The van der Waals surface area contributed by atoms with Crippen LogP contribution in [0.2, 0.25) is 5.02 Å². The maximum absolute atomic E-state index is 10.8. The van der Waals surface area contributed by atoms with Crippen LogP contribution < -0.4 is 0 Å². The van der Waals surface area contributed by atoms with Gasteiger partial charge in [0.05, 0.1) is 5.92 Å². The monoisotopic (exact) mass is 294 g/mol. The molecule has 0 fully saturated rings. The smallest absolute Gasteiger partial charge is 0.306 e. The molecule has 2 rings (SSSR count). The maximum atomic E-state index is 10.8. The highest BCUT2D eigenvalue weighted by molar-refractivity contribution is 6.30. The second kappa shape index (κ2) is 6.00. The van der Waals surface area contributed by atoms with E-state index in [1.54, 1.807) is 23.7 Å². The number of aryl methyl sites for hydroxylation is 2. The highest BCUT2D eigenvalue weighted by Gasteiger charge is 2.15. The molecule has 0 amide bonds. The summed E-state index contributed by atoms with van der Waals surface area (Å²) >= 11 is 6.00. The molecule has 1 aromatic heterocycles. The third-order valence-corrected chi connectivity index (χ3v) is 3.40. The standard InChI is InChI=1S/C13H15ClN4O2/c1-8-3-4-10(14)7-11(8)12-15-16-17-18(12)6-5-9(2)13(19)20/h3-4,7,9H,5-6H2,1-2H3,(H,19,20). The fourth-order valence-corrected chi connectivity index (χ4v) is 1.99. The van der Waals surface area contributed by atoms with Crippen molar-refractivity contribution in [3.8, 4) is 11.4 Å². The summed E-state index contributed by atoms with van der Waals surface area (Å²) in [5.41, 5.74) is 1.86. The van der Waals surface area contributed by atoms with Crippen LogP contribution in [0.3, 0.4) is 0 Å². The van der Waals surface area contributed by atoms with E-state index in [2.05, 4.69) is 15.5 Å². The Bertz CT molecular complexity index is 627. The van der Waals surface area contributed by atoms with Gasteiger partial charge in [0.2, 0.25) is 0 Å². The fraction of sp³-hybridized carbons (Fsp3) is 0.385. The van der Waals surface area contributed by atoms with Gasteiger partial charge in [-0.05, 0) is 41.5 Å². The first-order valence-corrected chi connectivity index (χ1v) is 6.62. The van der Waals surface area contributed by atoms with Gasteiger partial charge in [0, 0.05) is 17.1 Å². The van der Waals surface area contributed by atoms with Gasteiger partial charge in [-0.25, -0.2) is 4.68 Å². The molecule has 0 aliphatic rings. The number of aromatic nitrogens is 4. The number of halogens is 1. The summed E-state index contributed by atoms with van der Waals surface area (Å²) < 4.78 is 1.61. The Kier molecular flexibility index (Phi) is 4.34. The van der Waals surface area contributed by atoms with Crippen molar-refractivity contribution in [1.29, 1.82) is 0 Å². The van der Waals surface area contributed by atoms with Gasteiger partial charge >= 0.3 is 5.97 Å². The topological polar surface area (TPSA) is 80.9 Å². The Labute approximate surface area is 121 Å². The molecular weight excluding hydrogens is 280 g/mol. The molecule has 0 radical (unpaired) electrons. The summed E-state index contributed by atoms with van der Waals surface area (Å²) in [6.45, 7) is 4.06. The Morgan fingerprint density at radius 2 is 2.25 bits per heavy atom. The second-order valence-electron chi connectivity index (χ2n) is 4.71. The normalized spacial score (nSPS) is 12.3. The highest BCUT2D eigenvalue weighted by atomic mass is 35.5. The number of carboxylic acids is 1. The minimum absolute atomic E-state index is 0.437. The van der Waals surface area contributed by atoms with Crippen molar-refractivity contribution in [3.63, 3.8) is 0 Å². The number of benzene rings is 1. The number of nitrogens with zero attached hydrogens (tertiary/aromatic N) is 4. The summed E-state index contributed by atoms with van der Waals surface area (Å²) in [5.74, 6) is -0.659. The number of tetrazole rings is 1. The average molecular weight is 295 g/mol. The molecule has 0 saturated carbocycles. The van der Waals surface area contributed by atoms with E-state index in [0.717, 1.165) is 11.1 Å². The minimum atomic E-state index is -0.821. The van der Waals surface area contributed by atoms with Gasteiger partial charge in [-0.3, -0.25) is 4.79 Å². The van der Waals surface area contributed by atoms with Gasteiger partial charge in [0.1, 0.15) is 0 Å². The third-order valence-electron chi connectivity index (χ3n) is 3.17. The van der Waals surface area contributed by atoms with Gasteiger partial charge < -0.3 is 5.11 Å². The molecular formula is C13H15ClN4O2. The number of hydrogen-bond acceptors (Lipinski definition) is 4. The molecule has 1 atom stereocenters. The molecule has 0 saturated heterocycles. The Balaban J connectivity index is 2.24. The van der Waals surface area contributed by atoms with Crippen molar-refractivity contribution in [2.75, 3.05) is 0 Å². The van der Waals surface area contributed by atoms with Gasteiger partial charge in [-0.1, -0.05) is 24.6 Å². The van der Waals surface area contributed by atoms with Gasteiger partial charge in [-0.2, -0.15) is 0 Å². The molecule has 0 bridgehead atoms. The number of rotatable bonds is 5. The number of carboxylic acid groups (broad SMARTS) is 1. The molecule has 6 nitrogen and oxygen atoms in total. The van der Waals surface area contributed by atoms with E-state index in [1.165, 1.54) is 0 Å². The lowest BCUT2D eigenvalue weighted by Gasteiger charge is -2.09. The van der Waals surface area contributed by atoms with E-state index in [-0.39, 0.29) is 0 Å². The number of aliphatic carboxylic acids is 1. The van der Waals surface area contributed by atoms with E-state index in [1.807, 2.05) is 13.0 Å². The van der Waals surface area contributed by atoms with E-state index >= 15 is 0 Å². The second-order valence-corrected chi connectivity index (χ2v) is 5.15. The minimum Gasteiger partial charge on any atom is -0.481 e. The van der Waals surface area contributed by atoms with Crippen LogP contribution in [0.1, 0.15) is 18.9 Å². The lowest BCUT2D eigenvalue weighted by atomic mass is 10.1. The Hall–Kier alpha value is -1.95. The first-order valence-electron chi connectivity index (χ1n) is 6.24. The van der Waals surface area contributed by atoms with Crippen LogP contribution in [0.25, 0.3) is 11.4 Å². The van der Waals surface area contributed by atoms with Crippen molar-refractivity contribution in [1.82, 2.24) is 20.2 Å². The van der Waals surface area contributed by atoms with Crippen LogP contribution in [0.4, 0.5) is 0 Å².